The van der Waals surface area contributed by atoms with Crippen molar-refractivity contribution in [1.82, 2.24) is 15.5 Å². The van der Waals surface area contributed by atoms with Crippen molar-refractivity contribution in [3.05, 3.63) is 59.7 Å². The minimum Gasteiger partial charge on any atom is -0.380 e. The van der Waals surface area contributed by atoms with E-state index >= 15 is 0 Å². The third kappa shape index (κ3) is 6.50. The quantitative estimate of drug-likeness (QED) is 0.431. The lowest BCUT2D eigenvalue weighted by Crippen LogP contribution is -2.35. The average Bonchev–Trinajstić information content (AvgIpc) is 3.69. The van der Waals surface area contributed by atoms with Crippen molar-refractivity contribution in [2.24, 2.45) is 0 Å². The highest BCUT2D eigenvalue weighted by Gasteiger charge is 2.25. The summed E-state index contributed by atoms with van der Waals surface area (Å²) in [5, 5.41) is 12.5. The van der Waals surface area contributed by atoms with Crippen molar-refractivity contribution in [2.45, 2.75) is 63.3 Å². The van der Waals surface area contributed by atoms with E-state index < -0.39 is 0 Å². The average molecular weight is 492 g/mol. The number of hydrogen-bond acceptors (Lipinski definition) is 6. The Kier molecular flexibility index (Phi) is 8.28. The van der Waals surface area contributed by atoms with Gasteiger partial charge in [0.1, 0.15) is 0 Å². The molecule has 3 fully saturated rings. The molecule has 192 valence electrons. The number of hydrogen-bond donors (Lipinski definition) is 4. The zero-order chi connectivity index (χ0) is 24.7. The van der Waals surface area contributed by atoms with Gasteiger partial charge in [-0.2, -0.15) is 0 Å². The molecule has 0 spiro atoms. The highest BCUT2D eigenvalue weighted by atomic mass is 16.5. The first-order chi connectivity index (χ1) is 17.6. The third-order valence-corrected chi connectivity index (χ3v) is 7.39. The molecule has 8 heteroatoms. The molecule has 0 radical (unpaired) electrons. The van der Waals surface area contributed by atoms with Crippen LogP contribution in [0.4, 0.5) is 11.4 Å². The summed E-state index contributed by atoms with van der Waals surface area (Å²) in [7, 11) is 0. The number of benzene rings is 2. The van der Waals surface area contributed by atoms with Gasteiger partial charge in [0, 0.05) is 37.1 Å². The summed E-state index contributed by atoms with van der Waals surface area (Å²) >= 11 is 0. The normalized spacial score (nSPS) is 23.8. The second kappa shape index (κ2) is 12.0. The van der Waals surface area contributed by atoms with Crippen LogP contribution in [-0.4, -0.2) is 61.1 Å². The standard InChI is InChI=1S/C28H37N5O3/c34-27(25-3-1-14-29-25)31-22-9-5-20(6-10-22)17-33(24-13-16-36-19-24)18-21-7-11-23(12-8-21)32-28(35)26-4-2-15-30-26/h5-12,24-26,29-30H,1-4,13-19H2,(H,31,34)(H,32,35)/t24-,25+,26+/m1/s1. The van der Waals surface area contributed by atoms with Gasteiger partial charge in [0.2, 0.25) is 11.8 Å². The van der Waals surface area contributed by atoms with Crippen LogP contribution in [0.5, 0.6) is 0 Å². The van der Waals surface area contributed by atoms with Gasteiger partial charge in [-0.3, -0.25) is 14.5 Å². The fourth-order valence-electron chi connectivity index (χ4n) is 5.26. The molecule has 4 N–H and O–H groups in total. The summed E-state index contributed by atoms with van der Waals surface area (Å²) in [6.45, 7) is 4.96. The number of nitrogens with zero attached hydrogens (tertiary/aromatic N) is 1. The van der Waals surface area contributed by atoms with E-state index in [9.17, 15) is 9.59 Å². The summed E-state index contributed by atoms with van der Waals surface area (Å²) in [5.41, 5.74) is 4.07. The van der Waals surface area contributed by atoms with Crippen LogP contribution in [0.2, 0.25) is 0 Å². The van der Waals surface area contributed by atoms with Gasteiger partial charge in [-0.1, -0.05) is 24.3 Å². The second-order valence-corrected chi connectivity index (χ2v) is 10.1. The lowest BCUT2D eigenvalue weighted by Gasteiger charge is -2.28. The van der Waals surface area contributed by atoms with Crippen molar-refractivity contribution in [3.63, 3.8) is 0 Å². The van der Waals surface area contributed by atoms with Gasteiger partial charge in [-0.05, 0) is 80.6 Å². The van der Waals surface area contributed by atoms with Gasteiger partial charge in [0.05, 0.1) is 18.7 Å². The zero-order valence-electron chi connectivity index (χ0n) is 20.8. The first-order valence-electron chi connectivity index (χ1n) is 13.2. The molecule has 3 atom stereocenters. The molecule has 0 aliphatic carbocycles. The van der Waals surface area contributed by atoms with Crippen molar-refractivity contribution in [2.75, 3.05) is 36.9 Å². The third-order valence-electron chi connectivity index (χ3n) is 7.39. The van der Waals surface area contributed by atoms with Crippen LogP contribution in [0.25, 0.3) is 0 Å². The number of anilines is 2. The molecule has 3 aliphatic heterocycles. The molecular weight excluding hydrogens is 454 g/mol. The Morgan fingerprint density at radius 3 is 1.67 bits per heavy atom. The van der Waals surface area contributed by atoms with Crippen molar-refractivity contribution in [3.8, 4) is 0 Å². The molecule has 0 bridgehead atoms. The van der Waals surface area contributed by atoms with Crippen LogP contribution in [0, 0.1) is 0 Å². The van der Waals surface area contributed by atoms with Crippen molar-refractivity contribution < 1.29 is 14.3 Å². The van der Waals surface area contributed by atoms with Crippen LogP contribution < -0.4 is 21.3 Å². The Labute approximate surface area is 213 Å². The Morgan fingerprint density at radius 2 is 1.28 bits per heavy atom. The van der Waals surface area contributed by atoms with E-state index in [4.69, 9.17) is 4.74 Å². The second-order valence-electron chi connectivity index (χ2n) is 10.1. The number of nitrogens with one attached hydrogen (secondary N) is 4. The van der Waals surface area contributed by atoms with E-state index in [1.165, 1.54) is 11.1 Å². The van der Waals surface area contributed by atoms with E-state index in [0.717, 1.165) is 82.9 Å². The molecule has 8 nitrogen and oxygen atoms in total. The van der Waals surface area contributed by atoms with E-state index in [0.29, 0.717) is 6.04 Å². The summed E-state index contributed by atoms with van der Waals surface area (Å²) in [6.07, 6.45) is 4.91. The number of carbonyl (C=O) groups excluding carboxylic acids is 2. The fourth-order valence-corrected chi connectivity index (χ4v) is 5.26. The lowest BCUT2D eigenvalue weighted by molar-refractivity contribution is -0.118. The Balaban J connectivity index is 1.19. The Morgan fingerprint density at radius 1 is 0.778 bits per heavy atom. The largest absolute Gasteiger partial charge is 0.380 e. The van der Waals surface area contributed by atoms with Gasteiger partial charge in [0.15, 0.2) is 0 Å². The first-order valence-corrected chi connectivity index (χ1v) is 13.2. The number of carbonyl (C=O) groups is 2. The number of amides is 2. The molecule has 5 rings (SSSR count). The smallest absolute Gasteiger partial charge is 0.241 e. The van der Waals surface area contributed by atoms with E-state index in [1.807, 2.05) is 24.3 Å². The molecule has 3 heterocycles. The maximum atomic E-state index is 12.4. The first kappa shape index (κ1) is 24.9. The molecule has 36 heavy (non-hydrogen) atoms. The minimum absolute atomic E-state index is 0.0455. The van der Waals surface area contributed by atoms with Gasteiger partial charge >= 0.3 is 0 Å². The molecular formula is C28H37N5O3. The topological polar surface area (TPSA) is 94.7 Å². The molecule has 2 amide bonds. The van der Waals surface area contributed by atoms with Crippen LogP contribution in [-0.2, 0) is 27.4 Å². The highest BCUT2D eigenvalue weighted by Crippen LogP contribution is 2.22. The summed E-state index contributed by atoms with van der Waals surface area (Å²) in [5.74, 6) is 0.0910. The maximum Gasteiger partial charge on any atom is 0.241 e. The molecule has 2 aromatic rings. The van der Waals surface area contributed by atoms with Gasteiger partial charge < -0.3 is 26.0 Å². The van der Waals surface area contributed by atoms with E-state index in [2.05, 4.69) is 50.4 Å². The minimum atomic E-state index is -0.0818. The predicted octanol–water partition coefficient (Wildman–Crippen LogP) is 2.86. The molecule has 0 saturated carbocycles. The SMILES string of the molecule is O=C(Nc1ccc(CN(Cc2ccc(NC(=O)[C@@H]3CCCN3)cc2)[C@@H]2CCOC2)cc1)[C@@H]1CCCN1. The molecule has 0 unspecified atom stereocenters. The number of rotatable bonds is 9. The van der Waals surface area contributed by atoms with Gasteiger partial charge in [-0.25, -0.2) is 0 Å². The summed E-state index contributed by atoms with van der Waals surface area (Å²) in [6, 6.07) is 16.5. The van der Waals surface area contributed by atoms with Crippen LogP contribution in [0.1, 0.15) is 43.2 Å². The van der Waals surface area contributed by atoms with Crippen molar-refractivity contribution >= 4 is 23.2 Å². The molecule has 3 saturated heterocycles. The summed E-state index contributed by atoms with van der Waals surface area (Å²) in [4.78, 5) is 27.2. The Bertz CT molecular complexity index is 933. The van der Waals surface area contributed by atoms with Crippen LogP contribution in [0.15, 0.2) is 48.5 Å². The van der Waals surface area contributed by atoms with Crippen LogP contribution >= 0.6 is 0 Å². The van der Waals surface area contributed by atoms with Crippen LogP contribution in [0.3, 0.4) is 0 Å². The van der Waals surface area contributed by atoms with Gasteiger partial charge in [0.25, 0.3) is 0 Å². The van der Waals surface area contributed by atoms with Gasteiger partial charge in [-0.15, -0.1) is 0 Å². The molecule has 3 aliphatic rings. The highest BCUT2D eigenvalue weighted by molar-refractivity contribution is 5.95. The van der Waals surface area contributed by atoms with E-state index in [1.54, 1.807) is 0 Å². The van der Waals surface area contributed by atoms with Crippen molar-refractivity contribution in [1.29, 1.82) is 0 Å². The maximum absolute atomic E-state index is 12.4. The molecule has 0 aromatic heterocycles. The zero-order valence-corrected chi connectivity index (χ0v) is 20.8. The monoisotopic (exact) mass is 491 g/mol. The lowest BCUT2D eigenvalue weighted by atomic mass is 10.1. The van der Waals surface area contributed by atoms with E-state index in [-0.39, 0.29) is 23.9 Å². The Hall–Kier alpha value is -2.78. The predicted molar refractivity (Wildman–Crippen MR) is 141 cm³/mol. The summed E-state index contributed by atoms with van der Waals surface area (Å²) < 4.78 is 5.69. The number of ether oxygens (including phenoxy) is 1. The molecule has 2 aromatic carbocycles. The fraction of sp³-hybridized carbons (Fsp3) is 0.500.